The zero-order valence-electron chi connectivity index (χ0n) is 22.1. The third kappa shape index (κ3) is 6.03. The van der Waals surface area contributed by atoms with Gasteiger partial charge in [0, 0.05) is 38.4 Å². The van der Waals surface area contributed by atoms with E-state index in [4.69, 9.17) is 5.11 Å². The smallest absolute Gasteiger partial charge is 0.419 e. The Morgan fingerprint density at radius 2 is 1.83 bits per heavy atom. The summed E-state index contributed by atoms with van der Waals surface area (Å²) >= 11 is 0. The summed E-state index contributed by atoms with van der Waals surface area (Å²) in [5.41, 5.74) is -1.61. The lowest BCUT2D eigenvalue weighted by molar-refractivity contribution is -0.140. The van der Waals surface area contributed by atoms with Crippen molar-refractivity contribution < 1.29 is 37.4 Å². The SMILES string of the molecule is CCc1c(N2CCN(C(=O)O)CC2)c(=O)n2nc(NCCO)nc2n1CC(=O)Nc1cc(F)c(C(F)(F)F)cc1C. The number of carboxylic acid groups (broad SMARTS) is 1. The van der Waals surface area contributed by atoms with Crippen molar-refractivity contribution in [1.82, 2.24) is 24.1 Å². The number of aryl methyl sites for hydroxylation is 1. The van der Waals surface area contributed by atoms with Gasteiger partial charge in [0.1, 0.15) is 18.0 Å². The number of carbonyl (C=O) groups is 2. The number of anilines is 3. The Labute approximate surface area is 230 Å². The van der Waals surface area contributed by atoms with Crippen LogP contribution in [0.1, 0.15) is 23.7 Å². The molecule has 2 aromatic heterocycles. The van der Waals surface area contributed by atoms with Gasteiger partial charge in [0.05, 0.1) is 17.9 Å². The minimum Gasteiger partial charge on any atom is -0.465 e. The summed E-state index contributed by atoms with van der Waals surface area (Å²) in [5.74, 6) is -2.30. The van der Waals surface area contributed by atoms with Crippen LogP contribution in [0, 0.1) is 12.7 Å². The molecule has 4 rings (SSSR count). The number of nitrogens with zero attached hydrogens (tertiary/aromatic N) is 6. The van der Waals surface area contributed by atoms with Crippen molar-refractivity contribution in [3.8, 4) is 0 Å². The van der Waals surface area contributed by atoms with Crippen molar-refractivity contribution in [2.45, 2.75) is 33.0 Å². The van der Waals surface area contributed by atoms with Gasteiger partial charge in [0.2, 0.25) is 17.6 Å². The van der Waals surface area contributed by atoms with E-state index in [1.165, 1.54) is 16.4 Å². The molecule has 3 heterocycles. The van der Waals surface area contributed by atoms with Crippen molar-refractivity contribution in [1.29, 1.82) is 0 Å². The van der Waals surface area contributed by atoms with Crippen LogP contribution in [-0.2, 0) is 23.9 Å². The first-order valence-corrected chi connectivity index (χ1v) is 12.6. The lowest BCUT2D eigenvalue weighted by atomic mass is 10.1. The van der Waals surface area contributed by atoms with E-state index in [-0.39, 0.29) is 74.4 Å². The quantitative estimate of drug-likeness (QED) is 0.290. The van der Waals surface area contributed by atoms with Crippen LogP contribution in [0.2, 0.25) is 0 Å². The van der Waals surface area contributed by atoms with E-state index in [0.717, 1.165) is 4.52 Å². The Morgan fingerprint density at radius 3 is 2.41 bits per heavy atom. The molecule has 1 saturated heterocycles. The second-order valence-electron chi connectivity index (χ2n) is 9.29. The van der Waals surface area contributed by atoms with E-state index in [0.29, 0.717) is 17.8 Å². The molecule has 17 heteroatoms. The number of aliphatic hydroxyl groups excluding tert-OH is 1. The molecule has 0 unspecified atom stereocenters. The van der Waals surface area contributed by atoms with Crippen LogP contribution in [-0.4, -0.2) is 85.6 Å². The van der Waals surface area contributed by atoms with E-state index < -0.39 is 41.7 Å². The van der Waals surface area contributed by atoms with Crippen molar-refractivity contribution in [3.63, 3.8) is 0 Å². The molecule has 0 aliphatic carbocycles. The van der Waals surface area contributed by atoms with E-state index >= 15 is 0 Å². The Kier molecular flexibility index (Phi) is 8.37. The van der Waals surface area contributed by atoms with E-state index in [9.17, 15) is 37.1 Å². The highest BCUT2D eigenvalue weighted by molar-refractivity contribution is 5.91. The number of benzene rings is 1. The molecule has 0 atom stereocenters. The van der Waals surface area contributed by atoms with Crippen molar-refractivity contribution in [2.24, 2.45) is 0 Å². The number of fused-ring (bicyclic) bond motifs is 1. The molecule has 0 spiro atoms. The first kappa shape index (κ1) is 29.6. The van der Waals surface area contributed by atoms with Gasteiger partial charge in [-0.25, -0.2) is 9.18 Å². The molecule has 0 radical (unpaired) electrons. The first-order chi connectivity index (χ1) is 19.3. The maximum atomic E-state index is 14.2. The zero-order valence-corrected chi connectivity index (χ0v) is 22.1. The number of alkyl halides is 3. The molecule has 0 bridgehead atoms. The number of hydrogen-bond donors (Lipinski definition) is 4. The highest BCUT2D eigenvalue weighted by Crippen LogP contribution is 2.34. The van der Waals surface area contributed by atoms with Gasteiger partial charge >= 0.3 is 12.3 Å². The molecule has 4 N–H and O–H groups in total. The minimum absolute atomic E-state index is 0.000799. The third-order valence-electron chi connectivity index (χ3n) is 6.62. The molecule has 41 heavy (non-hydrogen) atoms. The number of nitrogens with one attached hydrogen (secondary N) is 2. The van der Waals surface area contributed by atoms with Gasteiger partial charge in [0.15, 0.2) is 0 Å². The second-order valence-corrected chi connectivity index (χ2v) is 9.29. The van der Waals surface area contributed by atoms with Gasteiger partial charge < -0.3 is 35.2 Å². The monoisotopic (exact) mass is 584 g/mol. The van der Waals surface area contributed by atoms with Gasteiger partial charge in [-0.05, 0) is 31.0 Å². The lowest BCUT2D eigenvalue weighted by Gasteiger charge is -2.35. The number of hydrogen-bond acceptors (Lipinski definition) is 8. The van der Waals surface area contributed by atoms with Gasteiger partial charge in [-0.15, -0.1) is 5.10 Å². The molecular formula is C24H28F4N8O5. The molecule has 1 aromatic carbocycles. The highest BCUT2D eigenvalue weighted by Gasteiger charge is 2.35. The predicted molar refractivity (Wildman–Crippen MR) is 139 cm³/mol. The summed E-state index contributed by atoms with van der Waals surface area (Å²) in [4.78, 5) is 45.3. The van der Waals surface area contributed by atoms with Gasteiger partial charge in [-0.3, -0.25) is 9.59 Å². The molecule has 222 valence electrons. The maximum absolute atomic E-state index is 14.2. The topological polar surface area (TPSA) is 157 Å². The molecular weight excluding hydrogens is 556 g/mol. The van der Waals surface area contributed by atoms with Crippen LogP contribution >= 0.6 is 0 Å². The van der Waals surface area contributed by atoms with Gasteiger partial charge in [-0.1, -0.05) is 6.92 Å². The summed E-state index contributed by atoms with van der Waals surface area (Å²) in [7, 11) is 0. The third-order valence-corrected chi connectivity index (χ3v) is 6.62. The Morgan fingerprint density at radius 1 is 1.15 bits per heavy atom. The molecule has 3 aromatic rings. The summed E-state index contributed by atoms with van der Waals surface area (Å²) in [6.07, 6.45) is -5.75. The number of halogens is 4. The Bertz CT molecular complexity index is 1530. The summed E-state index contributed by atoms with van der Waals surface area (Å²) < 4.78 is 55.9. The second kappa shape index (κ2) is 11.6. The molecule has 1 aliphatic rings. The van der Waals surface area contributed by atoms with Crippen LogP contribution in [0.25, 0.3) is 5.78 Å². The first-order valence-electron chi connectivity index (χ1n) is 12.6. The molecule has 2 amide bonds. The molecule has 0 saturated carbocycles. The summed E-state index contributed by atoms with van der Waals surface area (Å²) in [5, 5.41) is 27.8. The molecule has 13 nitrogen and oxygen atoms in total. The van der Waals surface area contributed by atoms with Crippen LogP contribution in [0.4, 0.5) is 39.7 Å². The summed E-state index contributed by atoms with van der Waals surface area (Å²) in [6.45, 7) is 3.07. The van der Waals surface area contributed by atoms with Gasteiger partial charge in [-0.2, -0.15) is 22.7 Å². The molecule has 1 fully saturated rings. The van der Waals surface area contributed by atoms with E-state index in [1.807, 2.05) is 0 Å². The van der Waals surface area contributed by atoms with Crippen LogP contribution < -0.4 is 21.1 Å². The van der Waals surface area contributed by atoms with Crippen molar-refractivity contribution in [2.75, 3.05) is 54.9 Å². The van der Waals surface area contributed by atoms with Gasteiger partial charge in [0.25, 0.3) is 5.56 Å². The minimum atomic E-state index is -4.91. The van der Waals surface area contributed by atoms with Crippen LogP contribution in [0.15, 0.2) is 16.9 Å². The van der Waals surface area contributed by atoms with Crippen molar-refractivity contribution in [3.05, 3.63) is 45.1 Å². The fourth-order valence-corrected chi connectivity index (χ4v) is 4.66. The Balaban J connectivity index is 1.75. The standard InChI is InChI=1S/C24H28F4N8O5/c1-3-17-19(33-5-7-34(8-6-33)23(40)41)20(39)36-22(31-21(32-36)29-4-9-37)35(17)12-18(38)30-16-11-15(25)14(10-13(16)2)24(26,27)28/h10-11,37H,3-9,12H2,1-2H3,(H,29,32)(H,30,38)(H,40,41). The molecule has 1 aliphatic heterocycles. The fraction of sp³-hybridized carbons (Fsp3) is 0.458. The number of aromatic nitrogens is 4. The normalized spacial score (nSPS) is 14.0. The van der Waals surface area contributed by atoms with E-state index in [2.05, 4.69) is 20.7 Å². The van der Waals surface area contributed by atoms with Crippen LogP contribution in [0.5, 0.6) is 0 Å². The average molecular weight is 585 g/mol. The maximum Gasteiger partial charge on any atom is 0.419 e. The zero-order chi connectivity index (χ0) is 30.1. The number of aliphatic hydroxyl groups is 1. The Hall–Kier alpha value is -4.41. The predicted octanol–water partition coefficient (Wildman–Crippen LogP) is 1.76. The number of rotatable bonds is 8. The number of amides is 2. The van der Waals surface area contributed by atoms with E-state index in [1.54, 1.807) is 11.8 Å². The van der Waals surface area contributed by atoms with Crippen molar-refractivity contribution >= 4 is 35.1 Å². The fourth-order valence-electron chi connectivity index (χ4n) is 4.66. The lowest BCUT2D eigenvalue weighted by Crippen LogP contribution is -2.50. The number of carbonyl (C=O) groups excluding carboxylic acids is 1. The summed E-state index contributed by atoms with van der Waals surface area (Å²) in [6, 6.07) is 1.20. The number of piperazine rings is 1. The largest absolute Gasteiger partial charge is 0.465 e. The van der Waals surface area contributed by atoms with Crippen LogP contribution in [0.3, 0.4) is 0 Å². The highest BCUT2D eigenvalue weighted by atomic mass is 19.4. The average Bonchev–Trinajstić information content (AvgIpc) is 3.34.